The molecule has 1 aliphatic heterocycles. The first kappa shape index (κ1) is 24.3. The summed E-state index contributed by atoms with van der Waals surface area (Å²) in [6.45, 7) is 3.77. The summed E-state index contributed by atoms with van der Waals surface area (Å²) < 4.78 is 7.86. The van der Waals surface area contributed by atoms with E-state index >= 15 is 0 Å². The molecule has 1 aliphatic rings. The second kappa shape index (κ2) is 11.5. The molecule has 2 heterocycles. The number of aliphatic hydroxyl groups is 1. The number of carbonyl (C=O) groups excluding carboxylic acids is 2. The van der Waals surface area contributed by atoms with E-state index in [0.29, 0.717) is 37.4 Å². The molecule has 1 atom stereocenters. The maximum atomic E-state index is 13.2. The number of Topliss-reactive ketones (excluding diaryl/α,β-unsaturated/α-hetero) is 1. The summed E-state index contributed by atoms with van der Waals surface area (Å²) in [6.07, 6.45) is 9.09. The number of hydrogen-bond donors (Lipinski definition) is 1. The molecule has 1 unspecified atom stereocenters. The molecule has 2 aromatic carbocycles. The van der Waals surface area contributed by atoms with Crippen molar-refractivity contribution < 1.29 is 19.4 Å². The Morgan fingerprint density at radius 3 is 2.60 bits per heavy atom. The first-order valence-corrected chi connectivity index (χ1v) is 12.1. The van der Waals surface area contributed by atoms with E-state index in [-0.39, 0.29) is 11.3 Å². The van der Waals surface area contributed by atoms with Crippen molar-refractivity contribution in [3.8, 4) is 5.75 Å². The lowest BCUT2D eigenvalue weighted by molar-refractivity contribution is -0.139. The van der Waals surface area contributed by atoms with E-state index in [2.05, 4.69) is 11.9 Å². The van der Waals surface area contributed by atoms with Gasteiger partial charge in [-0.05, 0) is 30.5 Å². The molecular formula is C28H31N3O4. The average Bonchev–Trinajstić information content (AvgIpc) is 3.49. The highest BCUT2D eigenvalue weighted by Gasteiger charge is 2.45. The Balaban J connectivity index is 1.67. The molecule has 0 radical (unpaired) electrons. The Morgan fingerprint density at radius 2 is 1.86 bits per heavy atom. The van der Waals surface area contributed by atoms with Crippen LogP contribution >= 0.6 is 0 Å². The lowest BCUT2D eigenvalue weighted by Crippen LogP contribution is -2.31. The van der Waals surface area contributed by atoms with Gasteiger partial charge in [-0.1, -0.05) is 62.2 Å². The molecule has 7 heteroatoms. The monoisotopic (exact) mass is 473 g/mol. The second-order valence-electron chi connectivity index (χ2n) is 8.64. The van der Waals surface area contributed by atoms with E-state index in [1.807, 2.05) is 41.1 Å². The third kappa shape index (κ3) is 5.62. The summed E-state index contributed by atoms with van der Waals surface area (Å²) >= 11 is 0. The molecule has 0 saturated carbocycles. The van der Waals surface area contributed by atoms with Crippen molar-refractivity contribution in [1.82, 2.24) is 14.5 Å². The van der Waals surface area contributed by atoms with Crippen LogP contribution in [-0.4, -0.2) is 44.4 Å². The maximum absolute atomic E-state index is 13.2. The summed E-state index contributed by atoms with van der Waals surface area (Å²) in [6, 6.07) is 15.6. The van der Waals surface area contributed by atoms with Crippen molar-refractivity contribution in [3.63, 3.8) is 0 Å². The van der Waals surface area contributed by atoms with Gasteiger partial charge in [-0.15, -0.1) is 0 Å². The molecule has 1 amide bonds. The molecule has 1 fully saturated rings. The topological polar surface area (TPSA) is 84.7 Å². The molecular weight excluding hydrogens is 442 g/mol. The standard InChI is InChI=1S/C28H31N3O4/c1-2-3-7-18-35-23-13-8-12-22(19-23)25-24(26(32)21-10-5-4-6-11-21)27(33)28(34)31(25)16-9-15-30-17-14-29-20-30/h4-6,8,10-14,17,19-20,25,32H,2-3,7,9,15-16,18H2,1H3. The van der Waals surface area contributed by atoms with E-state index in [1.165, 1.54) is 0 Å². The van der Waals surface area contributed by atoms with Crippen LogP contribution < -0.4 is 4.74 Å². The molecule has 0 aliphatic carbocycles. The number of aliphatic hydroxyl groups excluding tert-OH is 1. The van der Waals surface area contributed by atoms with Crippen LogP contribution in [0.4, 0.5) is 0 Å². The second-order valence-corrected chi connectivity index (χ2v) is 8.64. The molecule has 1 N–H and O–H groups in total. The van der Waals surface area contributed by atoms with Gasteiger partial charge in [0.25, 0.3) is 11.7 Å². The van der Waals surface area contributed by atoms with Gasteiger partial charge < -0.3 is 19.3 Å². The first-order valence-electron chi connectivity index (χ1n) is 12.1. The van der Waals surface area contributed by atoms with Crippen molar-refractivity contribution >= 4 is 17.4 Å². The van der Waals surface area contributed by atoms with Crippen LogP contribution in [0.1, 0.15) is 49.8 Å². The predicted octanol–water partition coefficient (Wildman–Crippen LogP) is 4.96. The molecule has 4 rings (SSSR count). The minimum Gasteiger partial charge on any atom is -0.507 e. The number of unbranched alkanes of at least 4 members (excludes halogenated alkanes) is 2. The van der Waals surface area contributed by atoms with Crippen molar-refractivity contribution in [2.75, 3.05) is 13.2 Å². The van der Waals surface area contributed by atoms with Crippen molar-refractivity contribution in [3.05, 3.63) is 90.0 Å². The Hall–Kier alpha value is -3.87. The van der Waals surface area contributed by atoms with Crippen molar-refractivity contribution in [1.29, 1.82) is 0 Å². The molecule has 182 valence electrons. The predicted molar refractivity (Wildman–Crippen MR) is 134 cm³/mol. The Morgan fingerprint density at radius 1 is 1.03 bits per heavy atom. The minimum absolute atomic E-state index is 0.104. The van der Waals surface area contributed by atoms with E-state index in [4.69, 9.17) is 4.74 Å². The van der Waals surface area contributed by atoms with Gasteiger partial charge in [0.1, 0.15) is 11.5 Å². The fourth-order valence-electron chi connectivity index (χ4n) is 4.37. The third-order valence-corrected chi connectivity index (χ3v) is 6.15. The molecule has 35 heavy (non-hydrogen) atoms. The fraction of sp³-hybridized carbons (Fsp3) is 0.321. The Labute approximate surface area is 205 Å². The zero-order valence-electron chi connectivity index (χ0n) is 20.0. The Kier molecular flexibility index (Phi) is 7.98. The highest BCUT2D eigenvalue weighted by atomic mass is 16.5. The molecule has 0 spiro atoms. The average molecular weight is 474 g/mol. The highest BCUT2D eigenvalue weighted by Crippen LogP contribution is 2.40. The van der Waals surface area contributed by atoms with Gasteiger partial charge in [0.15, 0.2) is 0 Å². The number of benzene rings is 2. The smallest absolute Gasteiger partial charge is 0.295 e. The number of aryl methyl sites for hydroxylation is 1. The lowest BCUT2D eigenvalue weighted by atomic mass is 9.95. The third-order valence-electron chi connectivity index (χ3n) is 6.15. The molecule has 0 bridgehead atoms. The summed E-state index contributed by atoms with van der Waals surface area (Å²) in [4.78, 5) is 31.9. The fourth-order valence-corrected chi connectivity index (χ4v) is 4.37. The summed E-state index contributed by atoms with van der Waals surface area (Å²) in [5, 5.41) is 11.1. The summed E-state index contributed by atoms with van der Waals surface area (Å²) in [5.74, 6) is -0.761. The SMILES string of the molecule is CCCCCOc1cccc(C2C(=C(O)c3ccccc3)C(=O)C(=O)N2CCCn2ccnc2)c1. The summed E-state index contributed by atoms with van der Waals surface area (Å²) in [5.41, 5.74) is 1.34. The number of likely N-dealkylation sites (tertiary alicyclic amines) is 1. The van der Waals surface area contributed by atoms with Crippen molar-refractivity contribution in [2.24, 2.45) is 0 Å². The largest absolute Gasteiger partial charge is 0.507 e. The quantitative estimate of drug-likeness (QED) is 0.184. The first-order chi connectivity index (χ1) is 17.1. The normalized spacial score (nSPS) is 17.2. The molecule has 1 aromatic heterocycles. The van der Waals surface area contributed by atoms with E-state index in [1.54, 1.807) is 41.7 Å². The van der Waals surface area contributed by atoms with Gasteiger partial charge in [-0.2, -0.15) is 0 Å². The van der Waals surface area contributed by atoms with Gasteiger partial charge in [0.05, 0.1) is 24.5 Å². The van der Waals surface area contributed by atoms with E-state index in [0.717, 1.165) is 24.8 Å². The van der Waals surface area contributed by atoms with Crippen molar-refractivity contribution in [2.45, 2.75) is 45.2 Å². The van der Waals surface area contributed by atoms with E-state index < -0.39 is 17.7 Å². The number of nitrogens with zero attached hydrogens (tertiary/aromatic N) is 3. The van der Waals surface area contributed by atoms with Crippen LogP contribution in [-0.2, 0) is 16.1 Å². The number of amides is 1. The van der Waals surface area contributed by atoms with Crippen LogP contribution in [0.15, 0.2) is 78.9 Å². The number of aromatic nitrogens is 2. The van der Waals surface area contributed by atoms with Crippen LogP contribution in [0, 0.1) is 0 Å². The highest BCUT2D eigenvalue weighted by molar-refractivity contribution is 6.46. The minimum atomic E-state index is -0.697. The lowest BCUT2D eigenvalue weighted by Gasteiger charge is -2.26. The van der Waals surface area contributed by atoms with Crippen LogP contribution in [0.2, 0.25) is 0 Å². The molecule has 7 nitrogen and oxygen atoms in total. The van der Waals surface area contributed by atoms with Crippen LogP contribution in [0.25, 0.3) is 5.76 Å². The molecule has 3 aromatic rings. The zero-order valence-corrected chi connectivity index (χ0v) is 20.0. The van der Waals surface area contributed by atoms with Gasteiger partial charge in [-0.25, -0.2) is 4.98 Å². The summed E-state index contributed by atoms with van der Waals surface area (Å²) in [7, 11) is 0. The van der Waals surface area contributed by atoms with Gasteiger partial charge in [0, 0.05) is 31.0 Å². The number of hydrogen-bond acceptors (Lipinski definition) is 5. The zero-order chi connectivity index (χ0) is 24.6. The number of imidazole rings is 1. The van der Waals surface area contributed by atoms with E-state index in [9.17, 15) is 14.7 Å². The van der Waals surface area contributed by atoms with Gasteiger partial charge in [0.2, 0.25) is 0 Å². The maximum Gasteiger partial charge on any atom is 0.295 e. The van der Waals surface area contributed by atoms with Gasteiger partial charge in [-0.3, -0.25) is 9.59 Å². The molecule has 1 saturated heterocycles. The van der Waals surface area contributed by atoms with Crippen LogP contribution in [0.5, 0.6) is 5.75 Å². The van der Waals surface area contributed by atoms with Gasteiger partial charge >= 0.3 is 0 Å². The number of ether oxygens (including phenoxy) is 1. The Bertz CT molecular complexity index is 1170. The number of ketones is 1. The number of rotatable bonds is 11. The van der Waals surface area contributed by atoms with Crippen LogP contribution in [0.3, 0.4) is 0 Å². The number of carbonyl (C=O) groups is 2.